The fraction of sp³-hybridized carbons (Fsp3) is 0.158. The second kappa shape index (κ2) is 7.69. The molecule has 0 saturated carbocycles. The van der Waals surface area contributed by atoms with Crippen molar-refractivity contribution in [2.45, 2.75) is 23.7 Å². The van der Waals surface area contributed by atoms with Gasteiger partial charge in [-0.2, -0.15) is 0 Å². The number of carbonyl (C=O) groups excluding carboxylic acids is 1. The number of aromatic nitrogens is 1. The number of rotatable bonds is 5. The molecule has 0 aliphatic heterocycles. The minimum atomic E-state index is -0.235. The zero-order valence-electron chi connectivity index (χ0n) is 13.2. The Morgan fingerprint density at radius 2 is 1.88 bits per heavy atom. The number of para-hydroxylation sites is 1. The van der Waals surface area contributed by atoms with Crippen LogP contribution in [0.2, 0.25) is 5.02 Å². The standard InChI is InChI=1S/C19H17ClN2OS/c1-13(19(23)21-12-15-7-2-4-8-16(15)20)24-18-11-10-14-6-3-5-9-17(14)22-18/h2-11,13H,12H2,1H3,(H,21,23)/t13-/m1/s1. The third kappa shape index (κ3) is 4.08. The maximum atomic E-state index is 12.3. The number of nitrogens with one attached hydrogen (secondary N) is 1. The number of fused-ring (bicyclic) bond motifs is 1. The second-order valence-corrected chi connectivity index (χ2v) is 7.18. The first-order valence-electron chi connectivity index (χ1n) is 7.67. The lowest BCUT2D eigenvalue weighted by atomic mass is 10.2. The molecule has 0 fully saturated rings. The Morgan fingerprint density at radius 3 is 2.71 bits per heavy atom. The Bertz CT molecular complexity index is 869. The van der Waals surface area contributed by atoms with Gasteiger partial charge in [-0.1, -0.05) is 65.8 Å². The number of hydrogen-bond donors (Lipinski definition) is 1. The molecule has 122 valence electrons. The van der Waals surface area contributed by atoms with E-state index in [4.69, 9.17) is 11.6 Å². The number of pyridine rings is 1. The van der Waals surface area contributed by atoms with Crippen molar-refractivity contribution >= 4 is 40.2 Å². The zero-order valence-corrected chi connectivity index (χ0v) is 14.8. The van der Waals surface area contributed by atoms with Crippen molar-refractivity contribution in [3.8, 4) is 0 Å². The van der Waals surface area contributed by atoms with Crippen LogP contribution in [0.3, 0.4) is 0 Å². The lowest BCUT2D eigenvalue weighted by Crippen LogP contribution is -2.30. The highest BCUT2D eigenvalue weighted by Gasteiger charge is 2.15. The minimum absolute atomic E-state index is 0.0325. The molecule has 0 radical (unpaired) electrons. The van der Waals surface area contributed by atoms with Crippen molar-refractivity contribution in [2.24, 2.45) is 0 Å². The first-order valence-corrected chi connectivity index (χ1v) is 8.93. The molecule has 1 aromatic heterocycles. The van der Waals surface area contributed by atoms with Gasteiger partial charge in [0.15, 0.2) is 0 Å². The van der Waals surface area contributed by atoms with Crippen LogP contribution < -0.4 is 5.32 Å². The van der Waals surface area contributed by atoms with E-state index in [9.17, 15) is 4.79 Å². The number of benzene rings is 2. The van der Waals surface area contributed by atoms with Crippen molar-refractivity contribution in [2.75, 3.05) is 0 Å². The molecule has 1 N–H and O–H groups in total. The molecule has 1 heterocycles. The maximum Gasteiger partial charge on any atom is 0.233 e. The van der Waals surface area contributed by atoms with Gasteiger partial charge in [0.2, 0.25) is 5.91 Å². The molecule has 3 aromatic rings. The molecule has 24 heavy (non-hydrogen) atoms. The maximum absolute atomic E-state index is 12.3. The number of nitrogens with zero attached hydrogens (tertiary/aromatic N) is 1. The summed E-state index contributed by atoms with van der Waals surface area (Å²) in [6.07, 6.45) is 0. The summed E-state index contributed by atoms with van der Waals surface area (Å²) in [6.45, 7) is 2.30. The number of carbonyl (C=O) groups is 1. The highest BCUT2D eigenvalue weighted by atomic mass is 35.5. The van der Waals surface area contributed by atoms with Crippen LogP contribution in [0.5, 0.6) is 0 Å². The summed E-state index contributed by atoms with van der Waals surface area (Å²) in [6, 6.07) is 19.4. The lowest BCUT2D eigenvalue weighted by Gasteiger charge is -2.12. The first-order chi connectivity index (χ1) is 11.6. The molecule has 0 spiro atoms. The van der Waals surface area contributed by atoms with Gasteiger partial charge in [-0.15, -0.1) is 0 Å². The Hall–Kier alpha value is -2.04. The smallest absolute Gasteiger partial charge is 0.233 e. The van der Waals surface area contributed by atoms with Crippen molar-refractivity contribution in [3.63, 3.8) is 0 Å². The normalized spacial score (nSPS) is 12.1. The van der Waals surface area contributed by atoms with Crippen molar-refractivity contribution in [3.05, 3.63) is 71.2 Å². The predicted octanol–water partition coefficient (Wildman–Crippen LogP) is 4.69. The molecule has 0 aliphatic rings. The Kier molecular flexibility index (Phi) is 5.38. The van der Waals surface area contributed by atoms with Gasteiger partial charge in [-0.3, -0.25) is 4.79 Å². The quantitative estimate of drug-likeness (QED) is 0.674. The molecule has 2 aromatic carbocycles. The third-order valence-corrected chi connectivity index (χ3v) is 5.06. The molecule has 1 atom stereocenters. The third-order valence-electron chi connectivity index (χ3n) is 3.65. The van der Waals surface area contributed by atoms with Gasteiger partial charge in [0, 0.05) is 17.0 Å². The fourth-order valence-corrected chi connectivity index (χ4v) is 3.37. The van der Waals surface area contributed by atoms with Gasteiger partial charge in [-0.25, -0.2) is 4.98 Å². The summed E-state index contributed by atoms with van der Waals surface area (Å²) < 4.78 is 0. The Morgan fingerprint density at radius 1 is 1.12 bits per heavy atom. The molecule has 0 saturated heterocycles. The van der Waals surface area contributed by atoms with Gasteiger partial charge in [0.05, 0.1) is 15.8 Å². The van der Waals surface area contributed by atoms with Crippen LogP contribution >= 0.6 is 23.4 Å². The topological polar surface area (TPSA) is 42.0 Å². The molecule has 0 aliphatic carbocycles. The van der Waals surface area contributed by atoms with E-state index in [1.54, 1.807) is 0 Å². The summed E-state index contributed by atoms with van der Waals surface area (Å²) in [7, 11) is 0. The van der Waals surface area contributed by atoms with Gasteiger partial charge in [0.25, 0.3) is 0 Å². The highest BCUT2D eigenvalue weighted by molar-refractivity contribution is 8.00. The molecule has 1 amide bonds. The average molecular weight is 357 g/mol. The largest absolute Gasteiger partial charge is 0.351 e. The zero-order chi connectivity index (χ0) is 16.9. The second-order valence-electron chi connectivity index (χ2n) is 5.41. The summed E-state index contributed by atoms with van der Waals surface area (Å²) in [4.78, 5) is 16.9. The van der Waals surface area contributed by atoms with E-state index < -0.39 is 0 Å². The van der Waals surface area contributed by atoms with Crippen LogP contribution in [0.15, 0.2) is 65.7 Å². The van der Waals surface area contributed by atoms with Crippen LogP contribution in [-0.2, 0) is 11.3 Å². The summed E-state index contributed by atoms with van der Waals surface area (Å²) in [5.41, 5.74) is 1.85. The van der Waals surface area contributed by atoms with Crippen LogP contribution in [-0.4, -0.2) is 16.1 Å². The van der Waals surface area contributed by atoms with Crippen LogP contribution in [0.4, 0.5) is 0 Å². The van der Waals surface area contributed by atoms with E-state index in [2.05, 4.69) is 10.3 Å². The SMILES string of the molecule is C[C@@H](Sc1ccc2ccccc2n1)C(=O)NCc1ccccc1Cl. The fourth-order valence-electron chi connectivity index (χ4n) is 2.32. The lowest BCUT2D eigenvalue weighted by molar-refractivity contribution is -0.120. The summed E-state index contributed by atoms with van der Waals surface area (Å²) in [5.74, 6) is -0.0325. The molecule has 5 heteroatoms. The molecule has 3 rings (SSSR count). The van der Waals surface area contributed by atoms with Crippen LogP contribution in [0.1, 0.15) is 12.5 Å². The molecule has 0 bridgehead atoms. The highest BCUT2D eigenvalue weighted by Crippen LogP contribution is 2.24. The molecule has 3 nitrogen and oxygen atoms in total. The predicted molar refractivity (Wildman–Crippen MR) is 100 cm³/mol. The molecular formula is C19H17ClN2OS. The van der Waals surface area contributed by atoms with E-state index >= 15 is 0 Å². The van der Waals surface area contributed by atoms with Crippen molar-refractivity contribution < 1.29 is 4.79 Å². The van der Waals surface area contributed by atoms with Gasteiger partial charge < -0.3 is 5.32 Å². The van der Waals surface area contributed by atoms with Crippen molar-refractivity contribution in [1.29, 1.82) is 0 Å². The molecule has 0 unspecified atom stereocenters. The van der Waals surface area contributed by atoms with Gasteiger partial charge in [-0.05, 0) is 30.7 Å². The van der Waals surface area contributed by atoms with Crippen molar-refractivity contribution in [1.82, 2.24) is 10.3 Å². The number of amides is 1. The Labute approximate surface area is 150 Å². The number of halogens is 1. The minimum Gasteiger partial charge on any atom is -0.351 e. The van der Waals surface area contributed by atoms with Gasteiger partial charge >= 0.3 is 0 Å². The monoisotopic (exact) mass is 356 g/mol. The summed E-state index contributed by atoms with van der Waals surface area (Å²) >= 11 is 7.56. The average Bonchev–Trinajstić information content (AvgIpc) is 2.60. The number of thioether (sulfide) groups is 1. The first kappa shape index (κ1) is 16.8. The van der Waals surface area contributed by atoms with Gasteiger partial charge in [0.1, 0.15) is 0 Å². The van der Waals surface area contributed by atoms with Crippen LogP contribution in [0.25, 0.3) is 10.9 Å². The van der Waals surface area contributed by atoms with E-state index in [0.29, 0.717) is 11.6 Å². The Balaban J connectivity index is 1.61. The van der Waals surface area contributed by atoms with E-state index in [0.717, 1.165) is 21.5 Å². The van der Waals surface area contributed by atoms with Crippen LogP contribution in [0, 0.1) is 0 Å². The molecular weight excluding hydrogens is 340 g/mol. The summed E-state index contributed by atoms with van der Waals surface area (Å²) in [5, 5.41) is 5.29. The van der Waals surface area contributed by atoms with E-state index in [-0.39, 0.29) is 11.2 Å². The van der Waals surface area contributed by atoms with E-state index in [1.807, 2.05) is 67.6 Å². The van der Waals surface area contributed by atoms with E-state index in [1.165, 1.54) is 11.8 Å². The number of hydrogen-bond acceptors (Lipinski definition) is 3.